The minimum absolute atomic E-state index is 0.0282. The number of carbonyl (C=O) groups excluding carboxylic acids is 1. The van der Waals surface area contributed by atoms with Crippen LogP contribution in [0.1, 0.15) is 63.5 Å². The number of sulfonamides is 1. The number of carbonyl (C=O) groups is 1. The molecule has 1 aromatic rings. The van der Waals surface area contributed by atoms with E-state index in [1.165, 1.54) is 12.1 Å². The Bertz CT molecular complexity index is 728. The van der Waals surface area contributed by atoms with Crippen molar-refractivity contribution in [2.75, 3.05) is 18.4 Å². The molecule has 0 bridgehead atoms. The highest BCUT2D eigenvalue weighted by atomic mass is 32.2. The number of piperidine rings is 1. The van der Waals surface area contributed by atoms with Crippen molar-refractivity contribution in [3.63, 3.8) is 0 Å². The highest BCUT2D eigenvalue weighted by molar-refractivity contribution is 7.90. The molecule has 26 heavy (non-hydrogen) atoms. The number of nitrogens with one attached hydrogen (secondary N) is 3. The fourth-order valence-electron chi connectivity index (χ4n) is 3.16. The molecule has 1 heterocycles. The van der Waals surface area contributed by atoms with Crippen LogP contribution >= 0.6 is 0 Å². The molecular formula is C18H28FN3O3S. The van der Waals surface area contributed by atoms with Gasteiger partial charge in [-0.05, 0) is 61.0 Å². The zero-order valence-corrected chi connectivity index (χ0v) is 16.5. The third-order valence-corrected chi connectivity index (χ3v) is 6.43. The standard InChI is InChI=1S/C18H28FN3O3S/c1-11(2)15-9-13(19)10-16(12(3)4)17(15)21-18(23)22-26(24,25)14-5-7-20-8-6-14/h9-12,14,20H,5-8H2,1-4H3,(H2,21,22,23). The number of hydrogen-bond acceptors (Lipinski definition) is 4. The number of hydrogen-bond donors (Lipinski definition) is 3. The average Bonchev–Trinajstić information content (AvgIpc) is 2.56. The van der Waals surface area contributed by atoms with Crippen molar-refractivity contribution in [1.82, 2.24) is 10.0 Å². The van der Waals surface area contributed by atoms with Crippen molar-refractivity contribution < 1.29 is 17.6 Å². The molecule has 2 amide bonds. The number of amides is 2. The Morgan fingerprint density at radius 3 is 2.08 bits per heavy atom. The summed E-state index contributed by atoms with van der Waals surface area (Å²) in [5.41, 5.74) is 1.76. The Labute approximate surface area is 155 Å². The van der Waals surface area contributed by atoms with Gasteiger partial charge in [0.05, 0.1) is 5.25 Å². The van der Waals surface area contributed by atoms with Gasteiger partial charge in [-0.2, -0.15) is 0 Å². The van der Waals surface area contributed by atoms with Crippen LogP contribution < -0.4 is 15.4 Å². The lowest BCUT2D eigenvalue weighted by atomic mass is 9.92. The summed E-state index contributed by atoms with van der Waals surface area (Å²) in [7, 11) is -3.75. The van der Waals surface area contributed by atoms with Crippen LogP contribution in [-0.2, 0) is 10.0 Å². The first-order valence-electron chi connectivity index (χ1n) is 8.98. The molecule has 3 N–H and O–H groups in total. The topological polar surface area (TPSA) is 87.3 Å². The van der Waals surface area contributed by atoms with Crippen molar-refractivity contribution in [2.24, 2.45) is 0 Å². The molecule has 0 aromatic heterocycles. The molecule has 146 valence electrons. The minimum atomic E-state index is -3.75. The van der Waals surface area contributed by atoms with Gasteiger partial charge in [-0.15, -0.1) is 0 Å². The van der Waals surface area contributed by atoms with E-state index in [4.69, 9.17) is 0 Å². The van der Waals surface area contributed by atoms with Gasteiger partial charge in [-0.1, -0.05) is 27.7 Å². The largest absolute Gasteiger partial charge is 0.332 e. The summed E-state index contributed by atoms with van der Waals surface area (Å²) < 4.78 is 40.9. The van der Waals surface area contributed by atoms with Gasteiger partial charge in [0.2, 0.25) is 10.0 Å². The SMILES string of the molecule is CC(C)c1cc(F)cc(C(C)C)c1NC(=O)NS(=O)(=O)C1CCNCC1. The van der Waals surface area contributed by atoms with Crippen LogP contribution in [0.25, 0.3) is 0 Å². The van der Waals surface area contributed by atoms with Gasteiger partial charge in [-0.3, -0.25) is 0 Å². The quantitative estimate of drug-likeness (QED) is 0.726. The first-order chi connectivity index (χ1) is 12.1. The normalized spacial score (nSPS) is 16.1. The maximum absolute atomic E-state index is 13.9. The first kappa shape index (κ1) is 20.6. The number of halogens is 1. The molecule has 2 rings (SSSR count). The third-order valence-electron chi connectivity index (χ3n) is 4.61. The molecule has 1 aliphatic heterocycles. The van der Waals surface area contributed by atoms with E-state index >= 15 is 0 Å². The first-order valence-corrected chi connectivity index (χ1v) is 10.5. The van der Waals surface area contributed by atoms with Crippen LogP contribution in [0.4, 0.5) is 14.9 Å². The van der Waals surface area contributed by atoms with Crippen LogP contribution in [0, 0.1) is 5.82 Å². The summed E-state index contributed by atoms with van der Waals surface area (Å²) in [6.07, 6.45) is 0.932. The lowest BCUT2D eigenvalue weighted by Gasteiger charge is -2.24. The monoisotopic (exact) mass is 385 g/mol. The fraction of sp³-hybridized carbons (Fsp3) is 0.611. The Kier molecular flexibility index (Phi) is 6.63. The van der Waals surface area contributed by atoms with Gasteiger partial charge in [0.25, 0.3) is 0 Å². The van der Waals surface area contributed by atoms with E-state index in [1.54, 1.807) is 0 Å². The van der Waals surface area contributed by atoms with Crippen LogP contribution in [0.2, 0.25) is 0 Å². The smallest absolute Gasteiger partial charge is 0.317 e. The predicted octanol–water partition coefficient (Wildman–Crippen LogP) is 3.28. The highest BCUT2D eigenvalue weighted by Gasteiger charge is 2.29. The number of anilines is 1. The zero-order valence-electron chi connectivity index (χ0n) is 15.7. The van der Waals surface area contributed by atoms with Gasteiger partial charge in [-0.25, -0.2) is 22.3 Å². The summed E-state index contributed by atoms with van der Waals surface area (Å²) in [6.45, 7) is 8.81. The highest BCUT2D eigenvalue weighted by Crippen LogP contribution is 2.33. The molecule has 6 nitrogen and oxygen atoms in total. The van der Waals surface area contributed by atoms with E-state index < -0.39 is 21.3 Å². The second-order valence-electron chi connectivity index (χ2n) is 7.32. The Morgan fingerprint density at radius 2 is 1.62 bits per heavy atom. The third kappa shape index (κ3) is 4.94. The molecular weight excluding hydrogens is 357 g/mol. The van der Waals surface area contributed by atoms with Crippen molar-refractivity contribution in [1.29, 1.82) is 0 Å². The summed E-state index contributed by atoms with van der Waals surface area (Å²) in [4.78, 5) is 12.4. The van der Waals surface area contributed by atoms with Crippen LogP contribution in [0.5, 0.6) is 0 Å². The Balaban J connectivity index is 2.25. The van der Waals surface area contributed by atoms with Crippen molar-refractivity contribution >= 4 is 21.7 Å². The van der Waals surface area contributed by atoms with Gasteiger partial charge in [0.1, 0.15) is 5.82 Å². The molecule has 0 aliphatic carbocycles. The Morgan fingerprint density at radius 1 is 1.12 bits per heavy atom. The minimum Gasteiger partial charge on any atom is -0.317 e. The maximum atomic E-state index is 13.9. The zero-order chi connectivity index (χ0) is 19.5. The summed E-state index contributed by atoms with van der Waals surface area (Å²) in [5.74, 6) is -0.426. The predicted molar refractivity (Wildman–Crippen MR) is 102 cm³/mol. The van der Waals surface area contributed by atoms with Gasteiger partial charge < -0.3 is 10.6 Å². The number of urea groups is 1. The molecule has 0 atom stereocenters. The molecule has 1 aliphatic rings. The summed E-state index contributed by atoms with van der Waals surface area (Å²) >= 11 is 0. The molecule has 0 unspecified atom stereocenters. The van der Waals surface area contributed by atoms with Gasteiger partial charge >= 0.3 is 6.03 Å². The molecule has 1 aromatic carbocycles. The second kappa shape index (κ2) is 8.35. The second-order valence-corrected chi connectivity index (χ2v) is 9.28. The average molecular weight is 386 g/mol. The molecule has 0 radical (unpaired) electrons. The van der Waals surface area contributed by atoms with E-state index in [9.17, 15) is 17.6 Å². The molecule has 1 fully saturated rings. The summed E-state index contributed by atoms with van der Waals surface area (Å²) in [6, 6.07) is 1.96. The van der Waals surface area contributed by atoms with Crippen molar-refractivity contribution in [3.8, 4) is 0 Å². The van der Waals surface area contributed by atoms with Crippen LogP contribution in [0.3, 0.4) is 0 Å². The molecule has 8 heteroatoms. The number of benzene rings is 1. The fourth-order valence-corrected chi connectivity index (χ4v) is 4.49. The van der Waals surface area contributed by atoms with E-state index in [0.29, 0.717) is 42.7 Å². The lowest BCUT2D eigenvalue weighted by Crippen LogP contribution is -2.45. The van der Waals surface area contributed by atoms with Crippen LogP contribution in [-0.4, -0.2) is 32.8 Å². The van der Waals surface area contributed by atoms with Crippen molar-refractivity contribution in [2.45, 2.75) is 57.6 Å². The van der Waals surface area contributed by atoms with Crippen LogP contribution in [0.15, 0.2) is 12.1 Å². The molecule has 1 saturated heterocycles. The molecule has 0 saturated carbocycles. The number of rotatable bonds is 5. The Hall–Kier alpha value is -1.67. The van der Waals surface area contributed by atoms with E-state index in [-0.39, 0.29) is 17.7 Å². The maximum Gasteiger partial charge on any atom is 0.332 e. The lowest BCUT2D eigenvalue weighted by molar-refractivity contribution is 0.256. The van der Waals surface area contributed by atoms with Gasteiger partial charge in [0, 0.05) is 5.69 Å². The van der Waals surface area contributed by atoms with Gasteiger partial charge in [0.15, 0.2) is 0 Å². The summed E-state index contributed by atoms with van der Waals surface area (Å²) in [5, 5.41) is 5.16. The van der Waals surface area contributed by atoms with E-state index in [0.717, 1.165) is 0 Å². The molecule has 0 spiro atoms. The van der Waals surface area contributed by atoms with E-state index in [2.05, 4.69) is 15.4 Å². The van der Waals surface area contributed by atoms with Crippen molar-refractivity contribution in [3.05, 3.63) is 29.1 Å². The van der Waals surface area contributed by atoms with E-state index in [1.807, 2.05) is 27.7 Å².